The molecule has 0 spiro atoms. The number of benzene rings is 1. The number of thioether (sulfide) groups is 1. The first-order valence-electron chi connectivity index (χ1n) is 16.5. The summed E-state index contributed by atoms with van der Waals surface area (Å²) in [5, 5.41) is 18.9. The summed E-state index contributed by atoms with van der Waals surface area (Å²) in [4.78, 5) is 16.0. The van der Waals surface area contributed by atoms with Crippen molar-refractivity contribution in [1.82, 2.24) is 29.2 Å². The van der Waals surface area contributed by atoms with Crippen LogP contribution in [0.5, 0.6) is 0 Å². The largest absolute Gasteiger partial charge is 0.417 e. The van der Waals surface area contributed by atoms with Gasteiger partial charge in [-0.15, -0.1) is 11.8 Å². The van der Waals surface area contributed by atoms with Crippen molar-refractivity contribution in [1.29, 1.82) is 0 Å². The third-order valence-electron chi connectivity index (χ3n) is 9.52. The molecule has 1 aromatic heterocycles. The number of carbonyl (C=O) groups is 1. The Kier molecular flexibility index (Phi) is 11.6. The number of β-amino-alcohol motifs (C(OH)–C–C–N with tert-alkyl or cyclic N) is 1. The second kappa shape index (κ2) is 15.2. The lowest BCUT2D eigenvalue weighted by Crippen LogP contribution is -2.46. The molecule has 2 N–H and O–H groups in total. The molecular formula is C32H47F3N6O4S2. The van der Waals surface area contributed by atoms with Crippen molar-refractivity contribution in [3.63, 3.8) is 0 Å². The smallest absolute Gasteiger partial charge is 0.390 e. The first-order valence-corrected chi connectivity index (χ1v) is 19.3. The molecule has 3 aliphatic heterocycles. The van der Waals surface area contributed by atoms with Gasteiger partial charge in [-0.1, -0.05) is 13.0 Å². The first-order chi connectivity index (χ1) is 22.2. The van der Waals surface area contributed by atoms with Gasteiger partial charge in [-0.2, -0.15) is 22.6 Å². The molecule has 1 atom stereocenters. The average Bonchev–Trinajstić information content (AvgIpc) is 3.35. The highest BCUT2D eigenvalue weighted by Gasteiger charge is 2.35. The van der Waals surface area contributed by atoms with Crippen LogP contribution in [0.1, 0.15) is 56.4 Å². The Morgan fingerprint density at radius 3 is 2.40 bits per heavy atom. The van der Waals surface area contributed by atoms with Gasteiger partial charge in [0, 0.05) is 86.1 Å². The zero-order valence-corrected chi connectivity index (χ0v) is 29.1. The summed E-state index contributed by atoms with van der Waals surface area (Å²) in [7, 11) is -3.52. The fourth-order valence-corrected chi connectivity index (χ4v) is 8.73. The number of sulfonamides is 1. The number of aromatic nitrogens is 2. The fourth-order valence-electron chi connectivity index (χ4n) is 6.83. The molecule has 1 amide bonds. The van der Waals surface area contributed by atoms with Crippen molar-refractivity contribution in [3.05, 3.63) is 35.0 Å². The molecule has 0 unspecified atom stereocenters. The zero-order chi connectivity index (χ0) is 33.9. The van der Waals surface area contributed by atoms with E-state index < -0.39 is 27.9 Å². The summed E-state index contributed by atoms with van der Waals surface area (Å²) in [6.07, 6.45) is 0.0106. The molecule has 2 saturated heterocycles. The van der Waals surface area contributed by atoms with Gasteiger partial charge in [0.1, 0.15) is 0 Å². The van der Waals surface area contributed by atoms with Gasteiger partial charge >= 0.3 is 6.18 Å². The van der Waals surface area contributed by atoms with Gasteiger partial charge in [-0.25, -0.2) is 8.42 Å². The number of alkyl halides is 3. The van der Waals surface area contributed by atoms with E-state index in [4.69, 9.17) is 5.10 Å². The number of aliphatic hydroxyl groups is 1. The minimum Gasteiger partial charge on any atom is -0.390 e. The van der Waals surface area contributed by atoms with Crippen LogP contribution in [0.15, 0.2) is 23.1 Å². The van der Waals surface area contributed by atoms with Crippen molar-refractivity contribution < 1.29 is 31.5 Å². The maximum atomic E-state index is 14.1. The number of hydrogen-bond donors (Lipinski definition) is 2. The highest BCUT2D eigenvalue weighted by molar-refractivity contribution is 7.99. The second-order valence-corrected chi connectivity index (χ2v) is 16.4. The van der Waals surface area contributed by atoms with E-state index in [0.29, 0.717) is 48.0 Å². The molecule has 5 rings (SSSR count). The van der Waals surface area contributed by atoms with Crippen LogP contribution in [0.4, 0.5) is 13.2 Å². The molecule has 1 aromatic carbocycles. The van der Waals surface area contributed by atoms with Gasteiger partial charge in [0.15, 0.2) is 0 Å². The Balaban J connectivity index is 1.37. The number of aliphatic hydroxyl groups excluding tert-OH is 1. The third kappa shape index (κ3) is 9.50. The fraction of sp³-hybridized carbons (Fsp3) is 0.688. The van der Waals surface area contributed by atoms with Crippen molar-refractivity contribution in [2.24, 2.45) is 5.92 Å². The number of halogens is 3. The summed E-state index contributed by atoms with van der Waals surface area (Å²) in [5.74, 6) is 1.14. The number of nitrogens with one attached hydrogen (secondary N) is 1. The number of amides is 1. The lowest BCUT2D eigenvalue weighted by atomic mass is 9.99. The van der Waals surface area contributed by atoms with Crippen LogP contribution < -0.4 is 5.32 Å². The maximum absolute atomic E-state index is 14.1. The predicted molar refractivity (Wildman–Crippen MR) is 176 cm³/mol. The molecule has 0 radical (unpaired) electrons. The Hall–Kier alpha value is -2.17. The van der Waals surface area contributed by atoms with E-state index in [-0.39, 0.29) is 36.5 Å². The van der Waals surface area contributed by atoms with Crippen molar-refractivity contribution in [3.8, 4) is 11.3 Å². The van der Waals surface area contributed by atoms with Crippen LogP contribution in [0.3, 0.4) is 0 Å². The van der Waals surface area contributed by atoms with Gasteiger partial charge in [-0.05, 0) is 56.8 Å². The summed E-state index contributed by atoms with van der Waals surface area (Å²) in [6.45, 7) is 8.70. The molecule has 15 heteroatoms. The van der Waals surface area contributed by atoms with E-state index >= 15 is 0 Å². The Morgan fingerprint density at radius 1 is 1.09 bits per heavy atom. The van der Waals surface area contributed by atoms with Crippen LogP contribution in [-0.4, -0.2) is 113 Å². The number of rotatable bonds is 11. The lowest BCUT2D eigenvalue weighted by Gasteiger charge is -2.33. The van der Waals surface area contributed by atoms with Crippen LogP contribution >= 0.6 is 11.8 Å². The Bertz CT molecular complexity index is 1500. The van der Waals surface area contributed by atoms with E-state index in [9.17, 15) is 31.5 Å². The minimum atomic E-state index is -4.52. The lowest BCUT2D eigenvalue weighted by molar-refractivity contribution is -0.139. The van der Waals surface area contributed by atoms with Gasteiger partial charge in [0.25, 0.3) is 0 Å². The summed E-state index contributed by atoms with van der Waals surface area (Å²) < 4.78 is 70.4. The normalized spacial score (nSPS) is 20.3. The van der Waals surface area contributed by atoms with Crippen LogP contribution in [0.25, 0.3) is 11.3 Å². The number of nitrogens with zero attached hydrogens (tertiary/aromatic N) is 5. The molecule has 2 fully saturated rings. The Morgan fingerprint density at radius 2 is 1.77 bits per heavy atom. The van der Waals surface area contributed by atoms with Crippen LogP contribution in [0, 0.1) is 5.92 Å². The van der Waals surface area contributed by atoms with Crippen LogP contribution in [0.2, 0.25) is 0 Å². The number of carbonyl (C=O) groups excluding carboxylic acids is 1. The number of piperidine rings is 2. The van der Waals surface area contributed by atoms with E-state index in [2.05, 4.69) is 22.0 Å². The highest BCUT2D eigenvalue weighted by Crippen LogP contribution is 2.40. The molecule has 262 valence electrons. The third-order valence-corrected chi connectivity index (χ3v) is 11.8. The highest BCUT2D eigenvalue weighted by atomic mass is 32.2. The molecule has 10 nitrogen and oxygen atoms in total. The van der Waals surface area contributed by atoms with Crippen molar-refractivity contribution in [2.45, 2.75) is 82.3 Å². The predicted octanol–water partition coefficient (Wildman–Crippen LogP) is 3.67. The van der Waals surface area contributed by atoms with E-state index in [1.807, 2.05) is 0 Å². The molecule has 0 bridgehead atoms. The quantitative estimate of drug-likeness (QED) is 0.342. The standard InChI is InChI=1S/C32H47F3N6O4S2/c1-22-6-11-38(12-7-22)16-17-46-30-18-24(4-5-28(30)32(33,34)35)31-27-21-40(47(3,44)45)15-10-29(27)41(37-31)20-26(43)19-39-13-8-25(9-14-39)36-23(2)42/h4-5,18,22,25-26,43H,6-17,19-21H2,1-3H3,(H,36,42)/t26-/m0/s1. The number of likely N-dealkylation sites (tertiary alicyclic amines) is 2. The molecule has 0 aliphatic carbocycles. The summed E-state index contributed by atoms with van der Waals surface area (Å²) in [6, 6.07) is 4.18. The van der Waals surface area contributed by atoms with Crippen molar-refractivity contribution in [2.75, 3.05) is 57.8 Å². The molecule has 0 saturated carbocycles. The zero-order valence-electron chi connectivity index (χ0n) is 27.4. The van der Waals surface area contributed by atoms with Gasteiger partial charge in [0.05, 0.1) is 30.2 Å². The molecule has 47 heavy (non-hydrogen) atoms. The maximum Gasteiger partial charge on any atom is 0.417 e. The average molecular weight is 701 g/mol. The topological polar surface area (TPSA) is 111 Å². The van der Waals surface area contributed by atoms with Crippen LogP contribution in [-0.2, 0) is 40.5 Å². The first kappa shape index (κ1) is 36.1. The minimum absolute atomic E-state index is 0.0527. The molecule has 3 aliphatic rings. The summed E-state index contributed by atoms with van der Waals surface area (Å²) >= 11 is 1.19. The number of fused-ring (bicyclic) bond motifs is 1. The molecule has 4 heterocycles. The van der Waals surface area contributed by atoms with E-state index in [1.165, 1.54) is 35.1 Å². The van der Waals surface area contributed by atoms with Gasteiger partial charge in [-0.3, -0.25) is 9.48 Å². The number of hydrogen-bond acceptors (Lipinski definition) is 8. The SMILES string of the molecule is CC(=O)NC1CCN(C[C@H](O)Cn2nc(-c3ccc(C(F)(F)F)c(SCCN4CCC(C)CC4)c3)c3c2CCN(S(C)(=O)=O)C3)CC1. The molecular weight excluding hydrogens is 654 g/mol. The van der Waals surface area contributed by atoms with E-state index in [1.54, 1.807) is 4.68 Å². The van der Waals surface area contributed by atoms with E-state index in [0.717, 1.165) is 69.9 Å². The second-order valence-electron chi connectivity index (χ2n) is 13.3. The Labute approximate surface area is 280 Å². The van der Waals surface area contributed by atoms with Gasteiger partial charge < -0.3 is 20.2 Å². The van der Waals surface area contributed by atoms with Crippen molar-refractivity contribution >= 4 is 27.7 Å². The van der Waals surface area contributed by atoms with Gasteiger partial charge in [0.2, 0.25) is 15.9 Å². The monoisotopic (exact) mass is 700 g/mol. The molecule has 2 aromatic rings. The summed E-state index contributed by atoms with van der Waals surface area (Å²) in [5.41, 5.74) is 1.69.